The Labute approximate surface area is 87.5 Å². The molecule has 0 radical (unpaired) electrons. The van der Waals surface area contributed by atoms with Crippen molar-refractivity contribution in [3.8, 4) is 0 Å². The van der Waals surface area contributed by atoms with Gasteiger partial charge in [0.2, 0.25) is 0 Å². The highest BCUT2D eigenvalue weighted by Gasteiger charge is 2.02. The van der Waals surface area contributed by atoms with E-state index in [0.717, 1.165) is 0 Å². The first-order chi connectivity index (χ1) is 7.16. The Morgan fingerprint density at radius 2 is 2.07 bits per heavy atom. The van der Waals surface area contributed by atoms with Crippen LogP contribution in [0, 0.1) is 0 Å². The number of carboxylic acid groups (broad SMARTS) is 1. The number of halogens is 1. The number of nitrogens with two attached hydrogens (primary N) is 1. The number of hydrogen-bond donors (Lipinski definition) is 3. The molecule has 7 heteroatoms. The summed E-state index contributed by atoms with van der Waals surface area (Å²) in [5.74, 6) is 0. The molecule has 1 amide bonds. The molecule has 0 aromatic heterocycles. The molecule has 0 aromatic carbocycles. The predicted molar refractivity (Wildman–Crippen MR) is 51.6 cm³/mol. The van der Waals surface area contributed by atoms with Gasteiger partial charge in [0.1, 0.15) is 6.17 Å². The molecular weight excluding hydrogens is 207 g/mol. The Kier molecular flexibility index (Phi) is 9.04. The molecule has 0 aromatic rings. The lowest BCUT2D eigenvalue weighted by atomic mass is 10.4. The van der Waals surface area contributed by atoms with Gasteiger partial charge in [-0.25, -0.2) is 9.18 Å². The average Bonchev–Trinajstić information content (AvgIpc) is 2.21. The second-order valence-corrected chi connectivity index (χ2v) is 2.75. The molecule has 0 saturated carbocycles. The van der Waals surface area contributed by atoms with Crippen LogP contribution in [-0.4, -0.2) is 56.9 Å². The van der Waals surface area contributed by atoms with Crippen LogP contribution in [-0.2, 0) is 9.47 Å². The summed E-state index contributed by atoms with van der Waals surface area (Å²) in [6.45, 7) is 0.984. The number of rotatable bonds is 9. The zero-order valence-electron chi connectivity index (χ0n) is 8.45. The van der Waals surface area contributed by atoms with Crippen molar-refractivity contribution in [3.63, 3.8) is 0 Å². The third-order valence-electron chi connectivity index (χ3n) is 1.45. The van der Waals surface area contributed by atoms with Crippen LogP contribution in [0.15, 0.2) is 0 Å². The fourth-order valence-corrected chi connectivity index (χ4v) is 0.729. The van der Waals surface area contributed by atoms with E-state index in [1.54, 1.807) is 0 Å². The first-order valence-corrected chi connectivity index (χ1v) is 4.63. The molecule has 0 aliphatic rings. The molecule has 0 aliphatic carbocycles. The zero-order valence-corrected chi connectivity index (χ0v) is 8.45. The molecule has 6 nitrogen and oxygen atoms in total. The maximum absolute atomic E-state index is 12.5. The van der Waals surface area contributed by atoms with Gasteiger partial charge in [-0.3, -0.25) is 0 Å². The standard InChI is InChI=1S/C8H17FN2O4/c9-7(5-10)6-15-4-3-14-2-1-11-8(12)13/h7,11H,1-6,10H2,(H,12,13). The summed E-state index contributed by atoms with van der Waals surface area (Å²) in [4.78, 5) is 10.00. The first-order valence-electron chi connectivity index (χ1n) is 4.63. The highest BCUT2D eigenvalue weighted by Crippen LogP contribution is 1.88. The Hall–Kier alpha value is -0.920. The summed E-state index contributed by atoms with van der Waals surface area (Å²) in [7, 11) is 0. The van der Waals surface area contributed by atoms with Crippen molar-refractivity contribution in [2.24, 2.45) is 5.73 Å². The van der Waals surface area contributed by atoms with Gasteiger partial charge in [-0.2, -0.15) is 0 Å². The van der Waals surface area contributed by atoms with E-state index in [0.29, 0.717) is 6.61 Å². The van der Waals surface area contributed by atoms with E-state index in [1.165, 1.54) is 0 Å². The number of nitrogens with one attached hydrogen (secondary N) is 1. The van der Waals surface area contributed by atoms with Gasteiger partial charge < -0.3 is 25.6 Å². The Morgan fingerprint density at radius 3 is 2.67 bits per heavy atom. The average molecular weight is 224 g/mol. The van der Waals surface area contributed by atoms with Gasteiger partial charge in [0.05, 0.1) is 26.4 Å². The summed E-state index contributed by atoms with van der Waals surface area (Å²) in [5.41, 5.74) is 5.03. The normalized spacial score (nSPS) is 12.4. The second kappa shape index (κ2) is 9.63. The van der Waals surface area contributed by atoms with Crippen LogP contribution in [0.1, 0.15) is 0 Å². The van der Waals surface area contributed by atoms with E-state index in [1.807, 2.05) is 0 Å². The molecule has 0 aliphatic heterocycles. The molecule has 1 atom stereocenters. The van der Waals surface area contributed by atoms with E-state index in [4.69, 9.17) is 20.3 Å². The van der Waals surface area contributed by atoms with E-state index >= 15 is 0 Å². The highest BCUT2D eigenvalue weighted by molar-refractivity contribution is 5.64. The summed E-state index contributed by atoms with van der Waals surface area (Å²) >= 11 is 0. The minimum absolute atomic E-state index is 0.0345. The predicted octanol–water partition coefficient (Wildman–Crippen LogP) is -0.416. The van der Waals surface area contributed by atoms with Gasteiger partial charge in [0.15, 0.2) is 0 Å². The van der Waals surface area contributed by atoms with Crippen LogP contribution < -0.4 is 11.1 Å². The van der Waals surface area contributed by atoms with Gasteiger partial charge in [0, 0.05) is 13.1 Å². The van der Waals surface area contributed by atoms with E-state index < -0.39 is 12.3 Å². The van der Waals surface area contributed by atoms with Crippen LogP contribution in [0.3, 0.4) is 0 Å². The largest absolute Gasteiger partial charge is 0.465 e. The van der Waals surface area contributed by atoms with Crippen molar-refractivity contribution < 1.29 is 23.8 Å². The summed E-state index contributed by atoms with van der Waals surface area (Å²) in [6, 6.07) is 0. The van der Waals surface area contributed by atoms with Crippen molar-refractivity contribution in [1.82, 2.24) is 5.32 Å². The lowest BCUT2D eigenvalue weighted by molar-refractivity contribution is 0.0287. The zero-order chi connectivity index (χ0) is 11.5. The van der Waals surface area contributed by atoms with Crippen LogP contribution in [0.25, 0.3) is 0 Å². The van der Waals surface area contributed by atoms with Crippen LogP contribution in [0.2, 0.25) is 0 Å². The summed E-state index contributed by atoms with van der Waals surface area (Å²) in [6.07, 6.45) is -2.23. The Balaban J connectivity index is 3.02. The molecule has 0 saturated heterocycles. The van der Waals surface area contributed by atoms with Gasteiger partial charge >= 0.3 is 6.09 Å². The van der Waals surface area contributed by atoms with Gasteiger partial charge in [-0.05, 0) is 0 Å². The Morgan fingerprint density at radius 1 is 1.40 bits per heavy atom. The lowest BCUT2D eigenvalue weighted by Crippen LogP contribution is -2.26. The molecule has 4 N–H and O–H groups in total. The van der Waals surface area contributed by atoms with Crippen LogP contribution >= 0.6 is 0 Å². The molecule has 0 spiro atoms. The summed E-state index contributed by atoms with van der Waals surface area (Å²) < 4.78 is 22.4. The van der Waals surface area contributed by atoms with Crippen molar-refractivity contribution in [2.45, 2.75) is 6.17 Å². The van der Waals surface area contributed by atoms with Crippen molar-refractivity contribution in [3.05, 3.63) is 0 Å². The smallest absolute Gasteiger partial charge is 0.404 e. The highest BCUT2D eigenvalue weighted by atomic mass is 19.1. The molecule has 0 bridgehead atoms. The molecule has 0 rings (SSSR count). The monoisotopic (exact) mass is 224 g/mol. The summed E-state index contributed by atoms with van der Waals surface area (Å²) in [5, 5.41) is 10.3. The minimum atomic E-state index is -1.14. The second-order valence-electron chi connectivity index (χ2n) is 2.75. The fourth-order valence-electron chi connectivity index (χ4n) is 0.729. The van der Waals surface area contributed by atoms with Crippen molar-refractivity contribution >= 4 is 6.09 Å². The molecule has 15 heavy (non-hydrogen) atoms. The Bertz CT molecular complexity index is 171. The number of hydrogen-bond acceptors (Lipinski definition) is 4. The number of alkyl halides is 1. The molecule has 90 valence electrons. The van der Waals surface area contributed by atoms with Crippen LogP contribution in [0.4, 0.5) is 9.18 Å². The maximum atomic E-state index is 12.5. The molecule has 1 unspecified atom stereocenters. The quantitative estimate of drug-likeness (QED) is 0.463. The SMILES string of the molecule is NCC(F)COCCOCCNC(=O)O. The third-order valence-corrected chi connectivity index (χ3v) is 1.45. The van der Waals surface area contributed by atoms with Gasteiger partial charge in [0.25, 0.3) is 0 Å². The van der Waals surface area contributed by atoms with Crippen LogP contribution in [0.5, 0.6) is 0 Å². The minimum Gasteiger partial charge on any atom is -0.465 e. The number of amides is 1. The molecule has 0 fully saturated rings. The van der Waals surface area contributed by atoms with E-state index in [-0.39, 0.29) is 32.9 Å². The van der Waals surface area contributed by atoms with E-state index in [9.17, 15) is 9.18 Å². The van der Waals surface area contributed by atoms with E-state index in [2.05, 4.69) is 5.32 Å². The first kappa shape index (κ1) is 14.1. The fraction of sp³-hybridized carbons (Fsp3) is 0.875. The van der Waals surface area contributed by atoms with Crippen molar-refractivity contribution in [1.29, 1.82) is 0 Å². The topological polar surface area (TPSA) is 93.8 Å². The van der Waals surface area contributed by atoms with Crippen molar-refractivity contribution in [2.75, 3.05) is 39.5 Å². The van der Waals surface area contributed by atoms with Gasteiger partial charge in [-0.1, -0.05) is 0 Å². The number of carbonyl (C=O) groups is 1. The lowest BCUT2D eigenvalue weighted by Gasteiger charge is -2.07. The third kappa shape index (κ3) is 11.0. The number of ether oxygens (including phenoxy) is 2. The van der Waals surface area contributed by atoms with Gasteiger partial charge in [-0.15, -0.1) is 0 Å². The molecule has 0 heterocycles. The maximum Gasteiger partial charge on any atom is 0.404 e. The molecular formula is C8H17FN2O4.